The molecule has 1 aliphatic carbocycles. The van der Waals surface area contributed by atoms with Crippen molar-refractivity contribution in [3.05, 3.63) is 66.0 Å². The Morgan fingerprint density at radius 1 is 1.12 bits per heavy atom. The minimum absolute atomic E-state index is 0.200. The maximum Gasteiger partial charge on any atom is 0.248 e. The van der Waals surface area contributed by atoms with Crippen LogP contribution in [0, 0.1) is 0 Å². The molecule has 2 heterocycles. The van der Waals surface area contributed by atoms with Gasteiger partial charge in [-0.3, -0.25) is 9.78 Å². The topological polar surface area (TPSA) is 90.2 Å². The minimum atomic E-state index is -0.472. The molecule has 1 fully saturated rings. The van der Waals surface area contributed by atoms with Gasteiger partial charge in [0, 0.05) is 35.3 Å². The van der Waals surface area contributed by atoms with Crippen molar-refractivity contribution in [1.29, 1.82) is 0 Å². The predicted octanol–water partition coefficient (Wildman–Crippen LogP) is 4.95. The molecule has 7 nitrogen and oxygen atoms in total. The van der Waals surface area contributed by atoms with E-state index in [1.54, 1.807) is 25.4 Å². The van der Waals surface area contributed by atoms with E-state index in [-0.39, 0.29) is 6.10 Å². The third-order valence-corrected chi connectivity index (χ3v) is 5.92. The highest BCUT2D eigenvalue weighted by Gasteiger charge is 2.27. The number of nitrogens with zero attached hydrogens (tertiary/aromatic N) is 2. The van der Waals surface area contributed by atoms with Gasteiger partial charge in [-0.05, 0) is 56.0 Å². The highest BCUT2D eigenvalue weighted by molar-refractivity contribution is 5.94. The average molecular weight is 431 g/mol. The van der Waals surface area contributed by atoms with Crippen LogP contribution in [0.5, 0.6) is 23.0 Å². The van der Waals surface area contributed by atoms with E-state index in [0.29, 0.717) is 23.6 Å². The van der Waals surface area contributed by atoms with E-state index in [4.69, 9.17) is 19.9 Å². The predicted molar refractivity (Wildman–Crippen MR) is 121 cm³/mol. The van der Waals surface area contributed by atoms with Gasteiger partial charge in [0.25, 0.3) is 0 Å². The lowest BCUT2D eigenvalue weighted by molar-refractivity contribution is 0.100. The smallest absolute Gasteiger partial charge is 0.248 e. The molecule has 0 atom stereocenters. The molecule has 3 aromatic rings. The van der Waals surface area contributed by atoms with Gasteiger partial charge in [-0.2, -0.15) is 0 Å². The van der Waals surface area contributed by atoms with Crippen molar-refractivity contribution in [1.82, 2.24) is 4.98 Å². The fraction of sp³-hybridized carbons (Fsp3) is 0.280. The zero-order chi connectivity index (χ0) is 22.1. The molecule has 164 valence electrons. The molecule has 2 aromatic carbocycles. The van der Waals surface area contributed by atoms with Crippen molar-refractivity contribution in [2.75, 3.05) is 12.0 Å². The Hall–Kier alpha value is -3.74. The fourth-order valence-corrected chi connectivity index (χ4v) is 4.18. The molecule has 1 amide bonds. The lowest BCUT2D eigenvalue weighted by atomic mass is 10.1. The van der Waals surface area contributed by atoms with Gasteiger partial charge in [-0.25, -0.2) is 0 Å². The maximum absolute atomic E-state index is 11.8. The maximum atomic E-state index is 11.8. The van der Waals surface area contributed by atoms with Gasteiger partial charge < -0.3 is 24.8 Å². The molecule has 0 spiro atoms. The number of carbonyl (C=O) groups is 1. The van der Waals surface area contributed by atoms with Crippen LogP contribution in [0.3, 0.4) is 0 Å². The minimum Gasteiger partial charge on any atom is -0.493 e. The van der Waals surface area contributed by atoms with Crippen LogP contribution in [0.25, 0.3) is 0 Å². The second-order valence-corrected chi connectivity index (χ2v) is 8.05. The van der Waals surface area contributed by atoms with Crippen LogP contribution in [0.2, 0.25) is 0 Å². The summed E-state index contributed by atoms with van der Waals surface area (Å²) in [5, 5.41) is 0. The van der Waals surface area contributed by atoms with Crippen molar-refractivity contribution in [3.63, 3.8) is 0 Å². The first kappa shape index (κ1) is 20.2. The molecule has 1 saturated carbocycles. The molecule has 0 unspecified atom stereocenters. The first-order chi connectivity index (χ1) is 15.6. The van der Waals surface area contributed by atoms with E-state index in [9.17, 15) is 4.79 Å². The second kappa shape index (κ2) is 8.42. The average Bonchev–Trinajstić information content (AvgIpc) is 3.44. The highest BCUT2D eigenvalue weighted by atomic mass is 16.6. The molecule has 2 aliphatic rings. The molecule has 32 heavy (non-hydrogen) atoms. The number of anilines is 2. The van der Waals surface area contributed by atoms with Crippen LogP contribution in [0.15, 0.2) is 54.7 Å². The van der Waals surface area contributed by atoms with Crippen molar-refractivity contribution in [2.24, 2.45) is 5.73 Å². The van der Waals surface area contributed by atoms with E-state index in [2.05, 4.69) is 9.88 Å². The van der Waals surface area contributed by atoms with Crippen LogP contribution in [-0.4, -0.2) is 24.1 Å². The van der Waals surface area contributed by atoms with Crippen molar-refractivity contribution >= 4 is 17.3 Å². The molecular formula is C25H25N3O4. The lowest BCUT2D eigenvalue weighted by Crippen LogP contribution is -2.19. The number of hydrogen-bond acceptors (Lipinski definition) is 6. The first-order valence-electron chi connectivity index (χ1n) is 10.8. The Balaban J connectivity index is 1.54. The summed E-state index contributed by atoms with van der Waals surface area (Å²) in [6.07, 6.45) is 6.41. The Morgan fingerprint density at radius 2 is 1.94 bits per heavy atom. The summed E-state index contributed by atoms with van der Waals surface area (Å²) >= 11 is 0. The number of rotatable bonds is 8. The van der Waals surface area contributed by atoms with Gasteiger partial charge in [-0.15, -0.1) is 0 Å². The van der Waals surface area contributed by atoms with Gasteiger partial charge in [0.15, 0.2) is 23.0 Å². The third kappa shape index (κ3) is 4.06. The monoisotopic (exact) mass is 431 g/mol. The molecule has 2 N–H and O–H groups in total. The first-order valence-corrected chi connectivity index (χ1v) is 10.8. The number of methoxy groups -OCH3 is 1. The van der Waals surface area contributed by atoms with Crippen LogP contribution < -0.4 is 24.8 Å². The van der Waals surface area contributed by atoms with Gasteiger partial charge in [0.2, 0.25) is 5.91 Å². The number of pyridine rings is 1. The Bertz CT molecular complexity index is 1160. The highest BCUT2D eigenvalue weighted by Crippen LogP contribution is 2.48. The number of hydrogen-bond donors (Lipinski definition) is 1. The summed E-state index contributed by atoms with van der Waals surface area (Å²) in [5.74, 6) is 2.58. The summed E-state index contributed by atoms with van der Waals surface area (Å²) < 4.78 is 17.4. The number of carbonyl (C=O) groups excluding carboxylic acids is 1. The van der Waals surface area contributed by atoms with Crippen molar-refractivity contribution < 1.29 is 19.0 Å². The summed E-state index contributed by atoms with van der Waals surface area (Å²) in [7, 11) is 1.64. The van der Waals surface area contributed by atoms with Gasteiger partial charge in [0.1, 0.15) is 5.69 Å². The Labute approximate surface area is 186 Å². The number of benzene rings is 2. The molecule has 0 bridgehead atoms. The zero-order valence-corrected chi connectivity index (χ0v) is 17.9. The normalized spacial score (nSPS) is 14.4. The number of amides is 1. The van der Waals surface area contributed by atoms with E-state index in [1.807, 2.05) is 36.4 Å². The van der Waals surface area contributed by atoms with Crippen molar-refractivity contribution in [3.8, 4) is 23.0 Å². The standard InChI is InChI=1S/C25H25N3O4/c1-30-21-10-9-18(14-23(21)31-19-7-2-3-8-19)28(15-20-24-22(32-24)11-12-27-20)17-6-4-5-16(13-17)25(26)29/h4-6,9-14,19H,2-3,7-8,15H2,1H3,(H2,26,29). The van der Waals surface area contributed by atoms with Crippen LogP contribution in [0.1, 0.15) is 41.7 Å². The molecule has 0 radical (unpaired) electrons. The Kier molecular flexibility index (Phi) is 5.31. The van der Waals surface area contributed by atoms with E-state index in [1.165, 1.54) is 12.8 Å². The van der Waals surface area contributed by atoms with Crippen LogP contribution in [-0.2, 0) is 6.54 Å². The van der Waals surface area contributed by atoms with Gasteiger partial charge in [-0.1, -0.05) is 6.07 Å². The summed E-state index contributed by atoms with van der Waals surface area (Å²) in [6.45, 7) is 0.459. The number of fused-ring (bicyclic) bond motifs is 1. The molecule has 1 aliphatic heterocycles. The Morgan fingerprint density at radius 3 is 2.72 bits per heavy atom. The number of aromatic nitrogens is 1. The van der Waals surface area contributed by atoms with Gasteiger partial charge >= 0.3 is 0 Å². The molecular weight excluding hydrogens is 406 g/mol. The van der Waals surface area contributed by atoms with E-state index >= 15 is 0 Å². The second-order valence-electron chi connectivity index (χ2n) is 8.05. The molecule has 1 aromatic heterocycles. The summed E-state index contributed by atoms with van der Waals surface area (Å²) in [6, 6.07) is 15.0. The molecule has 7 heteroatoms. The molecule has 5 rings (SSSR count). The lowest BCUT2D eigenvalue weighted by Gasteiger charge is -2.26. The largest absolute Gasteiger partial charge is 0.493 e. The van der Waals surface area contributed by atoms with Crippen molar-refractivity contribution in [2.45, 2.75) is 38.3 Å². The van der Waals surface area contributed by atoms with Crippen LogP contribution >= 0.6 is 0 Å². The summed E-state index contributed by atoms with van der Waals surface area (Å²) in [4.78, 5) is 18.4. The SMILES string of the molecule is COc1ccc(N(Cc2nccc3c2O3)c2cccc(C(N)=O)c2)cc1OC1CCCC1. The van der Waals surface area contributed by atoms with E-state index < -0.39 is 5.91 Å². The van der Waals surface area contributed by atoms with Gasteiger partial charge in [0.05, 0.1) is 19.8 Å². The quantitative estimate of drug-likeness (QED) is 0.397. The zero-order valence-electron chi connectivity index (χ0n) is 17.9. The molecule has 0 saturated heterocycles. The number of primary amides is 1. The van der Waals surface area contributed by atoms with E-state index in [0.717, 1.165) is 41.4 Å². The summed E-state index contributed by atoms with van der Waals surface area (Å²) in [5.41, 5.74) is 8.50. The fourth-order valence-electron chi connectivity index (χ4n) is 4.18. The third-order valence-electron chi connectivity index (χ3n) is 5.92. The van der Waals surface area contributed by atoms with Crippen LogP contribution in [0.4, 0.5) is 11.4 Å². The number of ether oxygens (including phenoxy) is 3. The number of nitrogens with two attached hydrogens (primary N) is 1.